The molecule has 0 saturated heterocycles. The summed E-state index contributed by atoms with van der Waals surface area (Å²) < 4.78 is 13.2. The van der Waals surface area contributed by atoms with Gasteiger partial charge in [0.25, 0.3) is 0 Å². The van der Waals surface area contributed by atoms with Gasteiger partial charge in [0.2, 0.25) is 5.91 Å². The van der Waals surface area contributed by atoms with E-state index in [1.807, 2.05) is 5.38 Å². The summed E-state index contributed by atoms with van der Waals surface area (Å²) in [5.41, 5.74) is 3.42. The second-order valence-electron chi connectivity index (χ2n) is 3.67. The van der Waals surface area contributed by atoms with Crippen molar-refractivity contribution in [1.82, 2.24) is 4.98 Å². The molecule has 0 aliphatic carbocycles. The Balaban J connectivity index is 2.00. The summed E-state index contributed by atoms with van der Waals surface area (Å²) >= 11 is 1.44. The second-order valence-corrected chi connectivity index (χ2v) is 4.39. The molecule has 3 nitrogen and oxygen atoms in total. The molecule has 0 aliphatic rings. The van der Waals surface area contributed by atoms with Gasteiger partial charge in [-0.25, -0.2) is 9.37 Å². The molecule has 1 N–H and O–H groups in total. The van der Waals surface area contributed by atoms with Gasteiger partial charge in [0, 0.05) is 11.1 Å². The lowest BCUT2D eigenvalue weighted by atomic mass is 10.2. The summed E-state index contributed by atoms with van der Waals surface area (Å²) in [6.45, 7) is 1.68. The zero-order valence-corrected chi connectivity index (χ0v) is 10.1. The predicted molar refractivity (Wildman–Crippen MR) is 65.6 cm³/mol. The Bertz CT molecular complexity index is 525. The number of nitrogens with zero attached hydrogens (tertiary/aromatic N) is 1. The SMILES string of the molecule is Cc1ccc(NC(=O)Cc2cscn2)cc1F. The van der Waals surface area contributed by atoms with E-state index in [4.69, 9.17) is 0 Å². The highest BCUT2D eigenvalue weighted by Crippen LogP contribution is 2.14. The van der Waals surface area contributed by atoms with Crippen LogP contribution in [0.25, 0.3) is 0 Å². The molecule has 2 aromatic rings. The number of benzene rings is 1. The van der Waals surface area contributed by atoms with Crippen molar-refractivity contribution < 1.29 is 9.18 Å². The first-order chi connectivity index (χ1) is 8.15. The van der Waals surface area contributed by atoms with Gasteiger partial charge in [-0.15, -0.1) is 11.3 Å². The predicted octanol–water partition coefficient (Wildman–Crippen LogP) is 2.77. The maximum absolute atomic E-state index is 13.2. The van der Waals surface area contributed by atoms with E-state index in [-0.39, 0.29) is 18.1 Å². The Hall–Kier alpha value is -1.75. The lowest BCUT2D eigenvalue weighted by Gasteiger charge is -2.05. The fourth-order valence-corrected chi connectivity index (χ4v) is 1.92. The van der Waals surface area contributed by atoms with Crippen LogP contribution < -0.4 is 5.32 Å². The van der Waals surface area contributed by atoms with Crippen LogP contribution in [0.4, 0.5) is 10.1 Å². The number of amides is 1. The first-order valence-electron chi connectivity index (χ1n) is 5.08. The van der Waals surface area contributed by atoms with Crippen molar-refractivity contribution in [1.29, 1.82) is 0 Å². The van der Waals surface area contributed by atoms with Gasteiger partial charge in [-0.2, -0.15) is 0 Å². The lowest BCUT2D eigenvalue weighted by Crippen LogP contribution is -2.14. The molecule has 2 rings (SSSR count). The number of thiazole rings is 1. The number of aromatic nitrogens is 1. The quantitative estimate of drug-likeness (QED) is 0.910. The Kier molecular flexibility index (Phi) is 3.49. The van der Waals surface area contributed by atoms with Crippen molar-refractivity contribution in [3.63, 3.8) is 0 Å². The average Bonchev–Trinajstić information content (AvgIpc) is 2.76. The van der Waals surface area contributed by atoms with Crippen molar-refractivity contribution in [2.75, 3.05) is 5.32 Å². The third-order valence-electron chi connectivity index (χ3n) is 2.28. The van der Waals surface area contributed by atoms with E-state index < -0.39 is 0 Å². The highest BCUT2D eigenvalue weighted by Gasteiger charge is 2.06. The number of carbonyl (C=O) groups excluding carboxylic acids is 1. The third-order valence-corrected chi connectivity index (χ3v) is 2.92. The number of nitrogens with one attached hydrogen (secondary N) is 1. The molecule has 0 bridgehead atoms. The Morgan fingerprint density at radius 1 is 1.53 bits per heavy atom. The lowest BCUT2D eigenvalue weighted by molar-refractivity contribution is -0.115. The minimum atomic E-state index is -0.323. The Labute approximate surface area is 102 Å². The molecule has 1 aromatic heterocycles. The first-order valence-corrected chi connectivity index (χ1v) is 6.02. The number of hydrogen-bond acceptors (Lipinski definition) is 3. The largest absolute Gasteiger partial charge is 0.326 e. The van der Waals surface area contributed by atoms with Crippen LogP contribution in [-0.2, 0) is 11.2 Å². The minimum Gasteiger partial charge on any atom is -0.326 e. The van der Waals surface area contributed by atoms with Crippen LogP contribution in [-0.4, -0.2) is 10.9 Å². The van der Waals surface area contributed by atoms with Gasteiger partial charge in [-0.05, 0) is 24.6 Å². The maximum atomic E-state index is 13.2. The molecule has 0 unspecified atom stereocenters. The monoisotopic (exact) mass is 250 g/mol. The molecular weight excluding hydrogens is 239 g/mol. The van der Waals surface area contributed by atoms with Crippen molar-refractivity contribution in [2.24, 2.45) is 0 Å². The summed E-state index contributed by atoms with van der Waals surface area (Å²) in [4.78, 5) is 15.6. The first kappa shape index (κ1) is 11.7. The highest BCUT2D eigenvalue weighted by atomic mass is 32.1. The average molecular weight is 250 g/mol. The zero-order chi connectivity index (χ0) is 12.3. The van der Waals surface area contributed by atoms with Crippen molar-refractivity contribution in [2.45, 2.75) is 13.3 Å². The molecule has 0 aliphatic heterocycles. The highest BCUT2D eigenvalue weighted by molar-refractivity contribution is 7.07. The summed E-state index contributed by atoms with van der Waals surface area (Å²) in [5, 5.41) is 4.45. The fourth-order valence-electron chi connectivity index (χ4n) is 1.37. The smallest absolute Gasteiger partial charge is 0.230 e. The molecule has 0 fully saturated rings. The van der Waals surface area contributed by atoms with Crippen molar-refractivity contribution in [3.05, 3.63) is 46.2 Å². The zero-order valence-electron chi connectivity index (χ0n) is 9.24. The Morgan fingerprint density at radius 2 is 2.35 bits per heavy atom. The van der Waals surface area contributed by atoms with Gasteiger partial charge in [-0.3, -0.25) is 4.79 Å². The van der Waals surface area contributed by atoms with Crippen molar-refractivity contribution in [3.8, 4) is 0 Å². The van der Waals surface area contributed by atoms with Crippen LogP contribution in [0, 0.1) is 12.7 Å². The molecule has 0 atom stereocenters. The summed E-state index contributed by atoms with van der Waals surface area (Å²) in [6, 6.07) is 4.62. The van der Waals surface area contributed by atoms with E-state index in [0.717, 1.165) is 5.69 Å². The fraction of sp³-hybridized carbons (Fsp3) is 0.167. The summed E-state index contributed by atoms with van der Waals surface area (Å²) in [6.07, 6.45) is 0.207. The van der Waals surface area contributed by atoms with Crippen molar-refractivity contribution >= 4 is 22.9 Å². The summed E-state index contributed by atoms with van der Waals surface area (Å²) in [5.74, 6) is -0.518. The number of carbonyl (C=O) groups is 1. The number of anilines is 1. The molecular formula is C12H11FN2OS. The van der Waals surface area contributed by atoms with Crippen LogP contribution in [0.2, 0.25) is 0 Å². The van der Waals surface area contributed by atoms with Gasteiger partial charge in [0.15, 0.2) is 0 Å². The number of rotatable bonds is 3. The second kappa shape index (κ2) is 5.05. The van der Waals surface area contributed by atoms with Gasteiger partial charge < -0.3 is 5.32 Å². The van der Waals surface area contributed by atoms with Crippen LogP contribution in [0.15, 0.2) is 29.1 Å². The molecule has 0 spiro atoms. The van der Waals surface area contributed by atoms with Gasteiger partial charge in [-0.1, -0.05) is 6.07 Å². The van der Waals surface area contributed by atoms with Crippen LogP contribution in [0.3, 0.4) is 0 Å². The molecule has 1 amide bonds. The maximum Gasteiger partial charge on any atom is 0.230 e. The number of halogens is 1. The number of aryl methyl sites for hydroxylation is 1. The number of hydrogen-bond donors (Lipinski definition) is 1. The molecule has 1 aromatic carbocycles. The molecule has 88 valence electrons. The van der Waals surface area contributed by atoms with Crippen LogP contribution >= 0.6 is 11.3 Å². The van der Waals surface area contributed by atoms with E-state index in [1.165, 1.54) is 17.4 Å². The van der Waals surface area contributed by atoms with E-state index in [9.17, 15) is 9.18 Å². The van der Waals surface area contributed by atoms with E-state index in [0.29, 0.717) is 11.3 Å². The molecule has 17 heavy (non-hydrogen) atoms. The van der Waals surface area contributed by atoms with E-state index >= 15 is 0 Å². The molecule has 0 radical (unpaired) electrons. The molecule has 0 saturated carbocycles. The molecule has 5 heteroatoms. The van der Waals surface area contributed by atoms with Crippen LogP contribution in [0.1, 0.15) is 11.3 Å². The summed E-state index contributed by atoms with van der Waals surface area (Å²) in [7, 11) is 0. The topological polar surface area (TPSA) is 42.0 Å². The molecule has 1 heterocycles. The normalized spacial score (nSPS) is 10.2. The van der Waals surface area contributed by atoms with Gasteiger partial charge in [0.05, 0.1) is 17.6 Å². The van der Waals surface area contributed by atoms with Gasteiger partial charge in [0.1, 0.15) is 5.82 Å². The minimum absolute atomic E-state index is 0.195. The standard InChI is InChI=1S/C12H11FN2OS/c1-8-2-3-9(4-11(8)13)15-12(16)5-10-6-17-7-14-10/h2-4,6-7H,5H2,1H3,(H,15,16). The Morgan fingerprint density at radius 3 is 3.00 bits per heavy atom. The van der Waals surface area contributed by atoms with Crippen LogP contribution in [0.5, 0.6) is 0 Å². The van der Waals surface area contributed by atoms with E-state index in [1.54, 1.807) is 24.6 Å². The third kappa shape index (κ3) is 3.10. The van der Waals surface area contributed by atoms with Gasteiger partial charge >= 0.3 is 0 Å². The van der Waals surface area contributed by atoms with E-state index in [2.05, 4.69) is 10.3 Å².